The fourth-order valence-corrected chi connectivity index (χ4v) is 0.739. The zero-order valence-electron chi connectivity index (χ0n) is 5.84. The van der Waals surface area contributed by atoms with E-state index in [0.29, 0.717) is 0 Å². The predicted molar refractivity (Wildman–Crippen MR) is 38.2 cm³/mol. The van der Waals surface area contributed by atoms with Crippen LogP contribution in [0.3, 0.4) is 0 Å². The Kier molecular flexibility index (Phi) is 2.49. The van der Waals surface area contributed by atoms with Gasteiger partial charge in [0.2, 0.25) is 5.70 Å². The molecule has 0 aromatic carbocycles. The number of rotatable bonds is 2. The summed E-state index contributed by atoms with van der Waals surface area (Å²) in [4.78, 5) is 9.28. The molecule has 0 aliphatic carbocycles. The molecule has 0 aliphatic rings. The Morgan fingerprint density at radius 2 is 2.00 bits per heavy atom. The second-order valence-corrected chi connectivity index (χ2v) is 7.60. The normalized spacial score (nSPS) is 11.4. The summed E-state index contributed by atoms with van der Waals surface area (Å²) < 4.78 is 0. The van der Waals surface area contributed by atoms with Crippen LogP contribution in [0.2, 0.25) is 19.6 Å². The van der Waals surface area contributed by atoms with Gasteiger partial charge in [-0.25, -0.2) is 0 Å². The molecule has 0 amide bonds. The number of hydrogen-bond acceptors (Lipinski definition) is 2. The fourth-order valence-electron chi connectivity index (χ4n) is 0.246. The first-order valence-electron chi connectivity index (χ1n) is 2.66. The van der Waals surface area contributed by atoms with Crippen molar-refractivity contribution in [2.45, 2.75) is 19.6 Å². The summed E-state index contributed by atoms with van der Waals surface area (Å²) in [7, 11) is -1.47. The van der Waals surface area contributed by atoms with Gasteiger partial charge in [0.25, 0.3) is 0 Å². The highest BCUT2D eigenvalue weighted by molar-refractivity contribution is 6.78. The molecule has 0 heterocycles. The molecule has 50 valence electrons. The lowest BCUT2D eigenvalue weighted by Crippen LogP contribution is -2.17. The van der Waals surface area contributed by atoms with E-state index in [1.807, 2.05) is 19.6 Å². The van der Waals surface area contributed by atoms with E-state index in [9.17, 15) is 10.1 Å². The molecule has 0 rings (SSSR count). The maximum absolute atomic E-state index is 9.76. The highest BCUT2D eigenvalue weighted by Crippen LogP contribution is 1.99. The van der Waals surface area contributed by atoms with Crippen molar-refractivity contribution in [2.75, 3.05) is 0 Å². The quantitative estimate of drug-likeness (QED) is 0.255. The molecule has 0 aliphatic heterocycles. The molecule has 0 bridgehead atoms. The molecular formula is C5H10NO2Si+. The average Bonchev–Trinajstić information content (AvgIpc) is 1.59. The first kappa shape index (κ1) is 8.27. The molecule has 0 N–H and O–H groups in total. The summed E-state index contributed by atoms with van der Waals surface area (Å²) in [6.07, 6.45) is 0.909. The minimum absolute atomic E-state index is 0.474. The van der Waals surface area contributed by atoms with Crippen LogP contribution >= 0.6 is 0 Å². The van der Waals surface area contributed by atoms with E-state index >= 15 is 0 Å². The summed E-state index contributed by atoms with van der Waals surface area (Å²) in [5.74, 6) is 0. The Balaban J connectivity index is 3.86. The van der Waals surface area contributed by atoms with Gasteiger partial charge in [-0.1, -0.05) is 0 Å². The molecule has 0 radical (unpaired) electrons. The number of nitrogens with zero attached hydrogens (tertiary/aromatic N) is 1. The molecule has 0 aromatic rings. The van der Waals surface area contributed by atoms with Crippen molar-refractivity contribution >= 4 is 8.07 Å². The molecule has 0 unspecified atom stereocenters. The van der Waals surface area contributed by atoms with E-state index in [1.54, 1.807) is 0 Å². The van der Waals surface area contributed by atoms with E-state index in [2.05, 4.69) is 5.70 Å². The molecule has 0 aromatic heterocycles. The summed E-state index contributed by atoms with van der Waals surface area (Å²) in [5, 5.41) is 9.76. The number of nitro groups is 1. The smallest absolute Gasteiger partial charge is 0.255 e. The van der Waals surface area contributed by atoms with Crippen molar-refractivity contribution in [3.8, 4) is 0 Å². The molecule has 4 heteroatoms. The third-order valence-electron chi connectivity index (χ3n) is 0.603. The molecule has 0 fully saturated rings. The van der Waals surface area contributed by atoms with E-state index in [-0.39, 0.29) is 0 Å². The highest BCUT2D eigenvalue weighted by Gasteiger charge is 2.28. The topological polar surface area (TPSA) is 43.1 Å². The van der Waals surface area contributed by atoms with Crippen LogP contribution in [-0.2, 0) is 0 Å². The van der Waals surface area contributed by atoms with Crippen LogP contribution in [0.25, 0.3) is 0 Å². The van der Waals surface area contributed by atoms with Crippen LogP contribution in [0, 0.1) is 15.8 Å². The van der Waals surface area contributed by atoms with Crippen molar-refractivity contribution < 1.29 is 4.92 Å². The van der Waals surface area contributed by atoms with Gasteiger partial charge in [0.1, 0.15) is 4.92 Å². The van der Waals surface area contributed by atoms with Crippen molar-refractivity contribution in [3.63, 3.8) is 0 Å². The van der Waals surface area contributed by atoms with Crippen molar-refractivity contribution in [1.29, 1.82) is 0 Å². The standard InChI is InChI=1S/C5H10NO2Si/c1-9(2,3)5-4-6(7)8/h4H,1-3H3/q+1. The molecule has 0 atom stereocenters. The lowest BCUT2D eigenvalue weighted by molar-refractivity contribution is -0.402. The van der Waals surface area contributed by atoms with Gasteiger partial charge >= 0.3 is 14.3 Å². The van der Waals surface area contributed by atoms with Crippen LogP contribution < -0.4 is 0 Å². The highest BCUT2D eigenvalue weighted by atomic mass is 28.3. The summed E-state index contributed by atoms with van der Waals surface area (Å²) >= 11 is 0. The van der Waals surface area contributed by atoms with Gasteiger partial charge in [0.15, 0.2) is 0 Å². The molecule has 9 heavy (non-hydrogen) atoms. The van der Waals surface area contributed by atoms with E-state index < -0.39 is 13.0 Å². The van der Waals surface area contributed by atoms with Gasteiger partial charge in [-0.15, -0.1) is 0 Å². The van der Waals surface area contributed by atoms with Gasteiger partial charge < -0.3 is 0 Å². The Labute approximate surface area is 55.5 Å². The fraction of sp³-hybridized carbons (Fsp3) is 0.600. The molecule has 3 nitrogen and oxygen atoms in total. The maximum atomic E-state index is 9.76. The van der Waals surface area contributed by atoms with Crippen LogP contribution in [0.1, 0.15) is 0 Å². The molecule has 0 spiro atoms. The molecule has 0 saturated carbocycles. The summed E-state index contributed by atoms with van der Waals surface area (Å²) in [6, 6.07) is 0. The van der Waals surface area contributed by atoms with Gasteiger partial charge in [0, 0.05) is 0 Å². The van der Waals surface area contributed by atoms with E-state index in [1.165, 1.54) is 0 Å². The van der Waals surface area contributed by atoms with Crippen molar-refractivity contribution in [3.05, 3.63) is 22.0 Å². The van der Waals surface area contributed by atoms with Gasteiger partial charge in [-0.3, -0.25) is 10.1 Å². The van der Waals surface area contributed by atoms with Crippen LogP contribution in [0.15, 0.2) is 6.20 Å². The van der Waals surface area contributed by atoms with Crippen LogP contribution in [0.4, 0.5) is 0 Å². The lowest BCUT2D eigenvalue weighted by atomic mass is 11.1. The molecule has 0 saturated heterocycles. The number of hydrogen-bond donors (Lipinski definition) is 0. The second-order valence-electron chi connectivity index (χ2n) is 2.81. The van der Waals surface area contributed by atoms with Crippen molar-refractivity contribution in [2.24, 2.45) is 0 Å². The largest absolute Gasteiger partial charge is 0.441 e. The zero-order valence-corrected chi connectivity index (χ0v) is 6.84. The lowest BCUT2D eigenvalue weighted by Gasteiger charge is -1.85. The first-order valence-corrected chi connectivity index (χ1v) is 6.16. The Bertz CT molecular complexity index is 136. The predicted octanol–water partition coefficient (Wildman–Crippen LogP) is 1.46. The monoisotopic (exact) mass is 144 g/mol. The van der Waals surface area contributed by atoms with Crippen LogP contribution in [0.5, 0.6) is 0 Å². The Morgan fingerprint density at radius 1 is 1.56 bits per heavy atom. The first-order chi connectivity index (χ1) is 3.92. The zero-order chi connectivity index (χ0) is 7.49. The van der Waals surface area contributed by atoms with E-state index in [4.69, 9.17) is 0 Å². The summed E-state index contributed by atoms with van der Waals surface area (Å²) in [5.41, 5.74) is 2.74. The van der Waals surface area contributed by atoms with Gasteiger partial charge in [-0.2, -0.15) is 0 Å². The van der Waals surface area contributed by atoms with Crippen LogP contribution in [-0.4, -0.2) is 13.0 Å². The Hall–Kier alpha value is -0.733. The average molecular weight is 144 g/mol. The maximum Gasteiger partial charge on any atom is 0.441 e. The SMILES string of the molecule is C[Si](C)(C)[C+]=C[N+](=O)[O-]. The van der Waals surface area contributed by atoms with Gasteiger partial charge in [-0.05, 0) is 19.6 Å². The van der Waals surface area contributed by atoms with Crippen molar-refractivity contribution in [1.82, 2.24) is 0 Å². The third-order valence-corrected chi connectivity index (χ3v) is 1.60. The minimum atomic E-state index is -1.47. The summed E-state index contributed by atoms with van der Waals surface area (Å²) in [6.45, 7) is 5.98. The second kappa shape index (κ2) is 2.71. The Morgan fingerprint density at radius 3 is 2.11 bits per heavy atom. The third kappa shape index (κ3) is 7.27. The molecular weight excluding hydrogens is 134 g/mol. The minimum Gasteiger partial charge on any atom is -0.255 e. The van der Waals surface area contributed by atoms with E-state index in [0.717, 1.165) is 6.20 Å². The van der Waals surface area contributed by atoms with Gasteiger partial charge in [0.05, 0.1) is 0 Å².